The van der Waals surface area contributed by atoms with Crippen LogP contribution in [0.3, 0.4) is 0 Å². The van der Waals surface area contributed by atoms with Crippen LogP contribution in [0.5, 0.6) is 0 Å². The van der Waals surface area contributed by atoms with E-state index >= 15 is 0 Å². The van der Waals surface area contributed by atoms with E-state index in [1.807, 2.05) is 35.2 Å². The molecule has 1 heterocycles. The third-order valence-electron chi connectivity index (χ3n) is 5.51. The third kappa shape index (κ3) is 4.05. The molecule has 0 bridgehead atoms. The van der Waals surface area contributed by atoms with Crippen molar-refractivity contribution in [1.82, 2.24) is 9.80 Å². The van der Waals surface area contributed by atoms with Crippen LogP contribution in [0.25, 0.3) is 11.1 Å². The molecule has 4 heteroatoms. The van der Waals surface area contributed by atoms with E-state index in [1.165, 1.54) is 0 Å². The summed E-state index contributed by atoms with van der Waals surface area (Å²) in [5, 5.41) is 0. The van der Waals surface area contributed by atoms with E-state index in [1.54, 1.807) is 25.9 Å². The van der Waals surface area contributed by atoms with Crippen LogP contribution in [0, 0.1) is 5.41 Å². The lowest BCUT2D eigenvalue weighted by Crippen LogP contribution is -2.53. The molecule has 1 fully saturated rings. The molecule has 0 N–H and O–H groups in total. The molecule has 1 atom stereocenters. The van der Waals surface area contributed by atoms with Crippen molar-refractivity contribution in [2.45, 2.75) is 26.2 Å². The van der Waals surface area contributed by atoms with Crippen LogP contribution in [0.2, 0.25) is 0 Å². The second kappa shape index (κ2) is 7.95. The number of nitrogens with zero attached hydrogens (tertiary/aromatic N) is 2. The topological polar surface area (TPSA) is 40.6 Å². The first-order chi connectivity index (χ1) is 12.9. The number of rotatable bonds is 4. The lowest BCUT2D eigenvalue weighted by atomic mass is 9.73. The van der Waals surface area contributed by atoms with Gasteiger partial charge < -0.3 is 9.80 Å². The molecule has 3 rings (SSSR count). The number of hydrogen-bond donors (Lipinski definition) is 0. The molecule has 1 aliphatic rings. The molecule has 1 saturated heterocycles. The van der Waals surface area contributed by atoms with Crippen LogP contribution in [-0.4, -0.2) is 48.8 Å². The molecule has 0 spiro atoms. The summed E-state index contributed by atoms with van der Waals surface area (Å²) in [5.41, 5.74) is 2.89. The largest absolute Gasteiger partial charge is 0.348 e. The summed E-state index contributed by atoms with van der Waals surface area (Å²) in [6.45, 7) is 2.81. The molecule has 2 aromatic rings. The first-order valence-electron chi connectivity index (χ1n) is 9.53. The number of carbonyl (C=O) groups excluding carboxylic acids is 2. The second-order valence-corrected chi connectivity index (χ2v) is 7.72. The van der Waals surface area contributed by atoms with Crippen molar-refractivity contribution in [3.8, 4) is 11.1 Å². The van der Waals surface area contributed by atoms with E-state index in [2.05, 4.69) is 24.3 Å². The fourth-order valence-electron chi connectivity index (χ4n) is 4.21. The third-order valence-corrected chi connectivity index (χ3v) is 5.51. The maximum atomic E-state index is 13.2. The summed E-state index contributed by atoms with van der Waals surface area (Å²) in [4.78, 5) is 28.8. The van der Waals surface area contributed by atoms with Crippen molar-refractivity contribution in [2.75, 3.05) is 27.2 Å². The fraction of sp³-hybridized carbons (Fsp3) is 0.391. The van der Waals surface area contributed by atoms with Gasteiger partial charge in [-0.2, -0.15) is 0 Å². The highest BCUT2D eigenvalue weighted by Crippen LogP contribution is 2.38. The Morgan fingerprint density at radius 1 is 1.04 bits per heavy atom. The lowest BCUT2D eigenvalue weighted by molar-refractivity contribution is -0.146. The van der Waals surface area contributed by atoms with Crippen LogP contribution >= 0.6 is 0 Å². The van der Waals surface area contributed by atoms with Gasteiger partial charge in [-0.25, -0.2) is 0 Å². The second-order valence-electron chi connectivity index (χ2n) is 7.72. The predicted octanol–water partition coefficient (Wildman–Crippen LogP) is 3.61. The van der Waals surface area contributed by atoms with Crippen molar-refractivity contribution >= 4 is 11.8 Å². The van der Waals surface area contributed by atoms with Crippen LogP contribution in [0.1, 0.15) is 25.3 Å². The highest BCUT2D eigenvalue weighted by molar-refractivity contribution is 5.85. The van der Waals surface area contributed by atoms with Crippen molar-refractivity contribution in [2.24, 2.45) is 5.41 Å². The summed E-state index contributed by atoms with van der Waals surface area (Å²) >= 11 is 0. The normalized spacial score (nSPS) is 19.6. The Morgan fingerprint density at radius 3 is 2.37 bits per heavy atom. The first kappa shape index (κ1) is 19.2. The van der Waals surface area contributed by atoms with Crippen molar-refractivity contribution in [3.63, 3.8) is 0 Å². The molecule has 0 aliphatic carbocycles. The van der Waals surface area contributed by atoms with Gasteiger partial charge in [0, 0.05) is 34.1 Å². The summed E-state index contributed by atoms with van der Waals surface area (Å²) < 4.78 is 0. The van der Waals surface area contributed by atoms with Crippen molar-refractivity contribution in [3.05, 3.63) is 60.2 Å². The monoisotopic (exact) mass is 364 g/mol. The average Bonchev–Trinajstić information content (AvgIpc) is 2.68. The van der Waals surface area contributed by atoms with Crippen LogP contribution in [0.15, 0.2) is 54.6 Å². The molecule has 4 nitrogen and oxygen atoms in total. The van der Waals surface area contributed by atoms with Crippen molar-refractivity contribution in [1.29, 1.82) is 0 Å². The number of piperidine rings is 1. The first-order valence-corrected chi connectivity index (χ1v) is 9.53. The molecule has 142 valence electrons. The summed E-state index contributed by atoms with van der Waals surface area (Å²) in [6.07, 6.45) is 2.29. The zero-order valence-corrected chi connectivity index (χ0v) is 16.4. The zero-order valence-electron chi connectivity index (χ0n) is 16.4. The molecule has 1 aliphatic heterocycles. The van der Waals surface area contributed by atoms with Crippen LogP contribution in [-0.2, 0) is 16.0 Å². The van der Waals surface area contributed by atoms with Gasteiger partial charge in [0.05, 0.1) is 5.41 Å². The van der Waals surface area contributed by atoms with Gasteiger partial charge >= 0.3 is 0 Å². The standard InChI is InChI=1S/C23H28N2O2/c1-18(26)25-15-9-14-23(17-25,22(27)24(2)3)16-20-12-7-8-13-21(20)19-10-5-4-6-11-19/h4-8,10-13H,9,14-17H2,1-3H3/t23-/m0/s1. The summed E-state index contributed by atoms with van der Waals surface area (Å²) in [6, 6.07) is 18.6. The van der Waals surface area contributed by atoms with Gasteiger partial charge in [0.25, 0.3) is 0 Å². The average molecular weight is 364 g/mol. The minimum atomic E-state index is -0.571. The lowest BCUT2D eigenvalue weighted by Gasteiger charge is -2.43. The van der Waals surface area contributed by atoms with Gasteiger partial charge in [-0.05, 0) is 36.0 Å². The summed E-state index contributed by atoms with van der Waals surface area (Å²) in [7, 11) is 3.61. The number of amides is 2. The highest BCUT2D eigenvalue weighted by atomic mass is 16.2. The van der Waals surface area contributed by atoms with E-state index in [-0.39, 0.29) is 11.8 Å². The minimum absolute atomic E-state index is 0.0435. The molecule has 2 amide bonds. The minimum Gasteiger partial charge on any atom is -0.348 e. The van der Waals surface area contributed by atoms with Gasteiger partial charge in [0.2, 0.25) is 11.8 Å². The Labute approximate surface area is 161 Å². The van der Waals surface area contributed by atoms with Gasteiger partial charge in [-0.15, -0.1) is 0 Å². The fourth-order valence-corrected chi connectivity index (χ4v) is 4.21. The molecule has 27 heavy (non-hydrogen) atoms. The van der Waals surface area contributed by atoms with Crippen LogP contribution in [0.4, 0.5) is 0 Å². The quantitative estimate of drug-likeness (QED) is 0.831. The Hall–Kier alpha value is -2.62. The SMILES string of the molecule is CC(=O)N1CCC[C@@](Cc2ccccc2-c2ccccc2)(C(=O)N(C)C)C1. The van der Waals surface area contributed by atoms with E-state index in [9.17, 15) is 9.59 Å². The van der Waals surface area contributed by atoms with Gasteiger partial charge in [-0.1, -0.05) is 54.6 Å². The van der Waals surface area contributed by atoms with E-state index in [0.29, 0.717) is 13.0 Å². The number of likely N-dealkylation sites (tertiary alicyclic amines) is 1. The molecule has 2 aromatic carbocycles. The van der Waals surface area contributed by atoms with Gasteiger partial charge in [-0.3, -0.25) is 9.59 Å². The number of hydrogen-bond acceptors (Lipinski definition) is 2. The maximum Gasteiger partial charge on any atom is 0.230 e. The number of carbonyl (C=O) groups is 2. The smallest absolute Gasteiger partial charge is 0.230 e. The molecular weight excluding hydrogens is 336 g/mol. The molecule has 0 unspecified atom stereocenters. The number of benzene rings is 2. The van der Waals surface area contributed by atoms with Gasteiger partial charge in [0.1, 0.15) is 0 Å². The Balaban J connectivity index is 2.01. The predicted molar refractivity (Wildman–Crippen MR) is 108 cm³/mol. The Kier molecular flexibility index (Phi) is 5.64. The van der Waals surface area contributed by atoms with E-state index in [4.69, 9.17) is 0 Å². The highest BCUT2D eigenvalue weighted by Gasteiger charge is 2.44. The van der Waals surface area contributed by atoms with Gasteiger partial charge in [0.15, 0.2) is 0 Å². The summed E-state index contributed by atoms with van der Waals surface area (Å²) in [5.74, 6) is 0.151. The maximum absolute atomic E-state index is 13.2. The Morgan fingerprint density at radius 2 is 1.70 bits per heavy atom. The molecule has 0 aromatic heterocycles. The van der Waals surface area contributed by atoms with Crippen LogP contribution < -0.4 is 0 Å². The van der Waals surface area contributed by atoms with E-state index < -0.39 is 5.41 Å². The Bertz CT molecular complexity index is 816. The molecule has 0 radical (unpaired) electrons. The molecular formula is C23H28N2O2. The molecule has 0 saturated carbocycles. The zero-order chi connectivity index (χ0) is 19.4. The van der Waals surface area contributed by atoms with E-state index in [0.717, 1.165) is 36.1 Å². The van der Waals surface area contributed by atoms with Crippen molar-refractivity contribution < 1.29 is 9.59 Å².